The van der Waals surface area contributed by atoms with E-state index < -0.39 is 0 Å². The molecule has 0 bridgehead atoms. The van der Waals surface area contributed by atoms with E-state index in [9.17, 15) is 9.59 Å². The van der Waals surface area contributed by atoms with Crippen LogP contribution < -0.4 is 5.56 Å². The van der Waals surface area contributed by atoms with E-state index >= 15 is 0 Å². The Morgan fingerprint density at radius 2 is 2.22 bits per heavy atom. The zero-order chi connectivity index (χ0) is 12.5. The topological polar surface area (TPSA) is 80.6 Å². The lowest BCUT2D eigenvalue weighted by atomic mass is 10.2. The quantitative estimate of drug-likeness (QED) is 0.675. The van der Waals surface area contributed by atoms with Gasteiger partial charge in [-0.15, -0.1) is 0 Å². The van der Waals surface area contributed by atoms with Crippen LogP contribution in [-0.4, -0.2) is 26.0 Å². The Labute approximate surface area is 101 Å². The molecular weight excluding hydrogens is 232 g/mol. The fourth-order valence-corrected chi connectivity index (χ4v) is 1.77. The molecule has 2 aromatic heterocycles. The third kappa shape index (κ3) is 1.51. The number of fused-ring (bicyclic) bond motifs is 1. The average Bonchev–Trinajstić information content (AvgIpc) is 2.84. The minimum atomic E-state index is -0.238. The second-order valence-electron chi connectivity index (χ2n) is 3.74. The summed E-state index contributed by atoms with van der Waals surface area (Å²) in [5.41, 5.74) is 1.45. The van der Waals surface area contributed by atoms with Gasteiger partial charge < -0.3 is 4.98 Å². The van der Waals surface area contributed by atoms with E-state index in [2.05, 4.69) is 15.1 Å². The van der Waals surface area contributed by atoms with Crippen LogP contribution in [0.2, 0.25) is 0 Å². The first kappa shape index (κ1) is 10.4. The first-order valence-corrected chi connectivity index (χ1v) is 5.26. The van der Waals surface area contributed by atoms with Crippen LogP contribution in [0.25, 0.3) is 16.7 Å². The number of aldehydes is 1. The van der Waals surface area contributed by atoms with Gasteiger partial charge in [0.25, 0.3) is 5.56 Å². The number of rotatable bonds is 2. The van der Waals surface area contributed by atoms with Crippen LogP contribution in [0.5, 0.6) is 0 Å². The van der Waals surface area contributed by atoms with E-state index in [1.807, 2.05) is 0 Å². The van der Waals surface area contributed by atoms with E-state index in [1.165, 1.54) is 17.2 Å². The predicted molar refractivity (Wildman–Crippen MR) is 64.9 cm³/mol. The van der Waals surface area contributed by atoms with Crippen LogP contribution >= 0.6 is 0 Å². The number of carbonyl (C=O) groups excluding carboxylic acids is 1. The first-order chi connectivity index (χ1) is 8.79. The first-order valence-electron chi connectivity index (χ1n) is 5.26. The average molecular weight is 240 g/mol. The Balaban J connectivity index is 2.28. The van der Waals surface area contributed by atoms with Crippen molar-refractivity contribution in [3.8, 4) is 5.69 Å². The molecule has 0 saturated heterocycles. The molecule has 88 valence electrons. The maximum atomic E-state index is 11.5. The van der Waals surface area contributed by atoms with E-state index in [0.29, 0.717) is 22.3 Å². The third-order valence-electron chi connectivity index (χ3n) is 2.62. The maximum Gasteiger partial charge on any atom is 0.261 e. The molecule has 0 saturated carbocycles. The lowest BCUT2D eigenvalue weighted by molar-refractivity contribution is 0.112. The molecule has 0 spiro atoms. The van der Waals surface area contributed by atoms with Gasteiger partial charge >= 0.3 is 0 Å². The summed E-state index contributed by atoms with van der Waals surface area (Å²) >= 11 is 0. The molecule has 2 heterocycles. The van der Waals surface area contributed by atoms with E-state index in [4.69, 9.17) is 0 Å². The van der Waals surface area contributed by atoms with Crippen LogP contribution in [0.1, 0.15) is 10.4 Å². The van der Waals surface area contributed by atoms with Crippen molar-refractivity contribution in [3.05, 3.63) is 52.7 Å². The summed E-state index contributed by atoms with van der Waals surface area (Å²) in [6, 6.07) is 6.92. The number of hydrogen-bond acceptors (Lipinski definition) is 4. The molecular formula is C12H8N4O2. The maximum absolute atomic E-state index is 11.5. The SMILES string of the molecule is O=Cc1cccc(-n2ncc3c(=O)[nH]cnc32)c1. The highest BCUT2D eigenvalue weighted by molar-refractivity contribution is 5.78. The fourth-order valence-electron chi connectivity index (χ4n) is 1.77. The van der Waals surface area contributed by atoms with Gasteiger partial charge in [-0.1, -0.05) is 12.1 Å². The second-order valence-corrected chi connectivity index (χ2v) is 3.74. The highest BCUT2D eigenvalue weighted by atomic mass is 16.1. The molecule has 3 aromatic rings. The normalized spacial score (nSPS) is 10.7. The van der Waals surface area contributed by atoms with Crippen LogP contribution in [0.4, 0.5) is 0 Å². The number of nitrogens with one attached hydrogen (secondary N) is 1. The molecule has 0 aliphatic rings. The van der Waals surface area contributed by atoms with Crippen molar-refractivity contribution in [1.82, 2.24) is 19.7 Å². The fraction of sp³-hybridized carbons (Fsp3) is 0. The van der Waals surface area contributed by atoms with Crippen molar-refractivity contribution in [2.24, 2.45) is 0 Å². The van der Waals surface area contributed by atoms with Gasteiger partial charge in [-0.05, 0) is 12.1 Å². The van der Waals surface area contributed by atoms with E-state index in [-0.39, 0.29) is 5.56 Å². The Morgan fingerprint density at radius 1 is 1.33 bits per heavy atom. The predicted octanol–water partition coefficient (Wildman–Crippen LogP) is 0.921. The van der Waals surface area contributed by atoms with Crippen molar-refractivity contribution in [2.75, 3.05) is 0 Å². The Kier molecular flexibility index (Phi) is 2.26. The van der Waals surface area contributed by atoms with Crippen molar-refractivity contribution >= 4 is 17.3 Å². The molecule has 3 rings (SSSR count). The minimum absolute atomic E-state index is 0.238. The molecule has 0 atom stereocenters. The zero-order valence-electron chi connectivity index (χ0n) is 9.20. The van der Waals surface area contributed by atoms with Gasteiger partial charge in [-0.2, -0.15) is 5.10 Å². The van der Waals surface area contributed by atoms with Gasteiger partial charge in [-0.3, -0.25) is 9.59 Å². The van der Waals surface area contributed by atoms with Crippen molar-refractivity contribution < 1.29 is 4.79 Å². The highest BCUT2D eigenvalue weighted by Gasteiger charge is 2.08. The molecule has 6 nitrogen and oxygen atoms in total. The van der Waals surface area contributed by atoms with Gasteiger partial charge in [0.15, 0.2) is 5.65 Å². The molecule has 0 unspecified atom stereocenters. The number of aromatic nitrogens is 4. The summed E-state index contributed by atoms with van der Waals surface area (Å²) in [6.07, 6.45) is 3.54. The molecule has 0 aliphatic heterocycles. The van der Waals surface area contributed by atoms with Gasteiger partial charge in [0, 0.05) is 5.56 Å². The lowest BCUT2D eigenvalue weighted by Crippen LogP contribution is -2.06. The summed E-state index contributed by atoms with van der Waals surface area (Å²) in [5, 5.41) is 4.53. The Morgan fingerprint density at radius 3 is 3.06 bits per heavy atom. The standard InChI is InChI=1S/C12H8N4O2/c17-6-8-2-1-3-9(4-8)16-11-10(5-15-16)12(18)14-7-13-11/h1-7H,(H,13,14,18). The monoisotopic (exact) mass is 240 g/mol. The molecule has 18 heavy (non-hydrogen) atoms. The van der Waals surface area contributed by atoms with Crippen molar-refractivity contribution in [2.45, 2.75) is 0 Å². The summed E-state index contributed by atoms with van der Waals surface area (Å²) in [5.74, 6) is 0. The highest BCUT2D eigenvalue weighted by Crippen LogP contribution is 2.13. The van der Waals surface area contributed by atoms with Gasteiger partial charge in [0.05, 0.1) is 18.2 Å². The molecule has 0 radical (unpaired) electrons. The minimum Gasteiger partial charge on any atom is -0.312 e. The summed E-state index contributed by atoms with van der Waals surface area (Å²) in [6.45, 7) is 0. The van der Waals surface area contributed by atoms with Gasteiger partial charge in [-0.25, -0.2) is 9.67 Å². The zero-order valence-corrected chi connectivity index (χ0v) is 9.20. The number of nitrogens with zero attached hydrogens (tertiary/aromatic N) is 3. The van der Waals surface area contributed by atoms with Crippen LogP contribution in [0, 0.1) is 0 Å². The largest absolute Gasteiger partial charge is 0.312 e. The van der Waals surface area contributed by atoms with Crippen LogP contribution in [-0.2, 0) is 0 Å². The Hall–Kier alpha value is -2.76. The number of aromatic amines is 1. The third-order valence-corrected chi connectivity index (χ3v) is 2.62. The molecule has 0 aliphatic carbocycles. The van der Waals surface area contributed by atoms with E-state index in [0.717, 1.165) is 6.29 Å². The number of hydrogen-bond donors (Lipinski definition) is 1. The van der Waals surface area contributed by atoms with Gasteiger partial charge in [0.1, 0.15) is 11.7 Å². The van der Waals surface area contributed by atoms with E-state index in [1.54, 1.807) is 24.3 Å². The smallest absolute Gasteiger partial charge is 0.261 e. The number of carbonyl (C=O) groups is 1. The molecule has 1 N–H and O–H groups in total. The number of benzene rings is 1. The van der Waals surface area contributed by atoms with Gasteiger partial charge in [0.2, 0.25) is 0 Å². The van der Waals surface area contributed by atoms with Crippen LogP contribution in [0.15, 0.2) is 41.6 Å². The van der Waals surface area contributed by atoms with Crippen molar-refractivity contribution in [1.29, 1.82) is 0 Å². The van der Waals surface area contributed by atoms with Crippen molar-refractivity contribution in [3.63, 3.8) is 0 Å². The number of H-pyrrole nitrogens is 1. The molecule has 1 aromatic carbocycles. The molecule has 0 fully saturated rings. The molecule has 0 amide bonds. The Bertz CT molecular complexity index is 788. The summed E-state index contributed by atoms with van der Waals surface area (Å²) < 4.78 is 1.53. The van der Waals surface area contributed by atoms with Crippen LogP contribution in [0.3, 0.4) is 0 Å². The second kappa shape index (κ2) is 3.92. The summed E-state index contributed by atoms with van der Waals surface area (Å²) in [4.78, 5) is 28.9. The molecule has 6 heteroatoms. The summed E-state index contributed by atoms with van der Waals surface area (Å²) in [7, 11) is 0. The lowest BCUT2D eigenvalue weighted by Gasteiger charge is -2.02.